The first kappa shape index (κ1) is 13.7. The summed E-state index contributed by atoms with van der Waals surface area (Å²) in [6.45, 7) is 1.53. The molecular weight excluding hydrogens is 276 g/mol. The second-order valence-electron chi connectivity index (χ2n) is 5.60. The van der Waals surface area contributed by atoms with Crippen LogP contribution in [0.5, 0.6) is 5.75 Å². The molecule has 1 aromatic rings. The van der Waals surface area contributed by atoms with Gasteiger partial charge in [0.05, 0.1) is 6.54 Å². The lowest BCUT2D eigenvalue weighted by Gasteiger charge is -2.37. The highest BCUT2D eigenvalue weighted by Crippen LogP contribution is 2.30. The van der Waals surface area contributed by atoms with Gasteiger partial charge in [0.15, 0.2) is 0 Å². The number of pyridine rings is 1. The number of hydrogen-bond acceptors (Lipinski definition) is 3. The molecule has 3 rings (SSSR count). The van der Waals surface area contributed by atoms with E-state index in [0.717, 1.165) is 32.2 Å². The highest BCUT2D eigenvalue weighted by molar-refractivity contribution is 6.31. The molecule has 0 bridgehead atoms. The van der Waals surface area contributed by atoms with Gasteiger partial charge in [0, 0.05) is 30.9 Å². The summed E-state index contributed by atoms with van der Waals surface area (Å²) in [5, 5.41) is 0.523. The second kappa shape index (κ2) is 6.00. The molecule has 2 heterocycles. The highest BCUT2D eigenvalue weighted by atomic mass is 35.5. The predicted molar refractivity (Wildman–Crippen MR) is 76.8 cm³/mol. The van der Waals surface area contributed by atoms with Crippen molar-refractivity contribution in [3.05, 3.63) is 23.5 Å². The molecule has 0 spiro atoms. The normalized spacial score (nSPS) is 23.2. The zero-order chi connectivity index (χ0) is 13.9. The summed E-state index contributed by atoms with van der Waals surface area (Å²) in [6, 6.07) is 1.77. The summed E-state index contributed by atoms with van der Waals surface area (Å²) < 4.78 is 5.93. The van der Waals surface area contributed by atoms with Gasteiger partial charge < -0.3 is 9.64 Å². The van der Waals surface area contributed by atoms with Gasteiger partial charge in [-0.1, -0.05) is 18.0 Å². The van der Waals surface area contributed by atoms with Crippen molar-refractivity contribution < 1.29 is 9.53 Å². The summed E-state index contributed by atoms with van der Waals surface area (Å²) in [4.78, 5) is 18.2. The van der Waals surface area contributed by atoms with E-state index in [-0.39, 0.29) is 12.0 Å². The number of hydrogen-bond donors (Lipinski definition) is 0. The van der Waals surface area contributed by atoms with Crippen molar-refractivity contribution in [2.45, 2.75) is 38.2 Å². The maximum atomic E-state index is 12.3. The van der Waals surface area contributed by atoms with Crippen molar-refractivity contribution in [2.24, 2.45) is 5.92 Å². The number of piperidine rings is 1. The van der Waals surface area contributed by atoms with E-state index >= 15 is 0 Å². The first-order valence-electron chi connectivity index (χ1n) is 7.29. The smallest absolute Gasteiger partial charge is 0.225 e. The molecular formula is C15H19ClN2O2. The van der Waals surface area contributed by atoms with Gasteiger partial charge in [-0.15, -0.1) is 0 Å². The Hall–Kier alpha value is -1.29. The van der Waals surface area contributed by atoms with Crippen LogP contribution in [0.4, 0.5) is 0 Å². The molecule has 5 heteroatoms. The van der Waals surface area contributed by atoms with E-state index < -0.39 is 0 Å². The van der Waals surface area contributed by atoms with E-state index in [1.165, 1.54) is 6.42 Å². The van der Waals surface area contributed by atoms with Gasteiger partial charge in [0.1, 0.15) is 16.9 Å². The number of carbonyl (C=O) groups is 1. The minimum absolute atomic E-state index is 0.0349. The zero-order valence-electron chi connectivity index (χ0n) is 11.4. The number of ether oxygens (including phenoxy) is 1. The predicted octanol–water partition coefficient (Wildman–Crippen LogP) is 2.90. The van der Waals surface area contributed by atoms with Crippen LogP contribution >= 0.6 is 11.6 Å². The van der Waals surface area contributed by atoms with Crippen molar-refractivity contribution in [2.75, 3.05) is 13.1 Å². The van der Waals surface area contributed by atoms with Crippen LogP contribution in [-0.2, 0) is 4.79 Å². The first-order valence-corrected chi connectivity index (χ1v) is 7.67. The average molecular weight is 295 g/mol. The minimum Gasteiger partial charge on any atom is -0.487 e. The van der Waals surface area contributed by atoms with E-state index in [9.17, 15) is 4.79 Å². The van der Waals surface area contributed by atoms with Crippen molar-refractivity contribution in [1.29, 1.82) is 0 Å². The van der Waals surface area contributed by atoms with Crippen LogP contribution in [0, 0.1) is 5.92 Å². The molecule has 1 aliphatic carbocycles. The molecule has 0 N–H and O–H groups in total. The molecule has 1 unspecified atom stereocenters. The van der Waals surface area contributed by atoms with E-state index in [1.807, 2.05) is 4.90 Å². The van der Waals surface area contributed by atoms with Crippen LogP contribution < -0.4 is 4.74 Å². The number of likely N-dealkylation sites (tertiary alicyclic amines) is 1. The lowest BCUT2D eigenvalue weighted by atomic mass is 9.84. The lowest BCUT2D eigenvalue weighted by Crippen LogP contribution is -2.47. The number of halogens is 1. The Morgan fingerprint density at radius 1 is 1.35 bits per heavy atom. The third-order valence-corrected chi connectivity index (χ3v) is 4.46. The van der Waals surface area contributed by atoms with Crippen LogP contribution in [0.1, 0.15) is 32.1 Å². The Morgan fingerprint density at radius 2 is 2.20 bits per heavy atom. The van der Waals surface area contributed by atoms with Crippen LogP contribution in [0.2, 0.25) is 5.02 Å². The first-order chi connectivity index (χ1) is 9.74. The fourth-order valence-electron chi connectivity index (χ4n) is 2.79. The van der Waals surface area contributed by atoms with E-state index in [0.29, 0.717) is 23.2 Å². The van der Waals surface area contributed by atoms with Crippen molar-refractivity contribution in [1.82, 2.24) is 9.88 Å². The molecule has 108 valence electrons. The standard InChI is InChI=1S/C15H19ClN2O2/c16-13-9-17-7-6-14(13)20-12-5-2-8-18(10-12)15(19)11-3-1-4-11/h6-7,9,11-12H,1-5,8,10H2. The topological polar surface area (TPSA) is 42.4 Å². The average Bonchev–Trinajstić information content (AvgIpc) is 2.40. The van der Waals surface area contributed by atoms with Crippen molar-refractivity contribution in [3.63, 3.8) is 0 Å². The number of rotatable bonds is 3. The molecule has 0 aromatic carbocycles. The minimum atomic E-state index is 0.0349. The van der Waals surface area contributed by atoms with Gasteiger partial charge >= 0.3 is 0 Å². The molecule has 20 heavy (non-hydrogen) atoms. The van der Waals surface area contributed by atoms with E-state index in [1.54, 1.807) is 18.5 Å². The molecule has 1 atom stereocenters. The van der Waals surface area contributed by atoms with Crippen LogP contribution in [0.25, 0.3) is 0 Å². The van der Waals surface area contributed by atoms with Crippen LogP contribution in [-0.4, -0.2) is 35.0 Å². The Kier molecular flexibility index (Phi) is 4.10. The van der Waals surface area contributed by atoms with E-state index in [2.05, 4.69) is 4.98 Å². The number of nitrogens with zero attached hydrogens (tertiary/aromatic N) is 2. The van der Waals surface area contributed by atoms with Gasteiger partial charge in [0.25, 0.3) is 0 Å². The zero-order valence-corrected chi connectivity index (χ0v) is 12.2. The monoisotopic (exact) mass is 294 g/mol. The Balaban J connectivity index is 1.60. The van der Waals surface area contributed by atoms with Crippen molar-refractivity contribution in [3.8, 4) is 5.75 Å². The SMILES string of the molecule is O=C(C1CCC1)N1CCCC(Oc2ccncc2Cl)C1. The molecule has 4 nitrogen and oxygen atoms in total. The lowest BCUT2D eigenvalue weighted by molar-refractivity contribution is -0.140. The molecule has 1 aromatic heterocycles. The third-order valence-electron chi connectivity index (χ3n) is 4.17. The number of aromatic nitrogens is 1. The number of carbonyl (C=O) groups excluding carboxylic acids is 1. The third kappa shape index (κ3) is 2.90. The summed E-state index contributed by atoms with van der Waals surface area (Å²) >= 11 is 6.06. The maximum Gasteiger partial charge on any atom is 0.225 e. The summed E-state index contributed by atoms with van der Waals surface area (Å²) in [5.74, 6) is 1.23. The molecule has 1 aliphatic heterocycles. The molecule has 2 aliphatic rings. The van der Waals surface area contributed by atoms with Gasteiger partial charge in [-0.3, -0.25) is 9.78 Å². The maximum absolute atomic E-state index is 12.3. The van der Waals surface area contributed by atoms with Crippen LogP contribution in [0.15, 0.2) is 18.5 Å². The Bertz CT molecular complexity index is 491. The summed E-state index contributed by atoms with van der Waals surface area (Å²) in [6.07, 6.45) is 8.54. The fourth-order valence-corrected chi connectivity index (χ4v) is 2.95. The molecule has 2 fully saturated rings. The summed E-state index contributed by atoms with van der Waals surface area (Å²) in [5.41, 5.74) is 0. The molecule has 1 amide bonds. The van der Waals surface area contributed by atoms with Gasteiger partial charge in [0.2, 0.25) is 5.91 Å². The second-order valence-corrected chi connectivity index (χ2v) is 6.01. The van der Waals surface area contributed by atoms with Gasteiger partial charge in [-0.05, 0) is 25.7 Å². The molecule has 1 saturated carbocycles. The Labute approximate surface area is 124 Å². The fraction of sp³-hybridized carbons (Fsp3) is 0.600. The number of amides is 1. The Morgan fingerprint density at radius 3 is 2.90 bits per heavy atom. The molecule has 0 radical (unpaired) electrons. The van der Waals surface area contributed by atoms with Crippen LogP contribution in [0.3, 0.4) is 0 Å². The van der Waals surface area contributed by atoms with Gasteiger partial charge in [-0.25, -0.2) is 0 Å². The quantitative estimate of drug-likeness (QED) is 0.861. The largest absolute Gasteiger partial charge is 0.487 e. The molecule has 1 saturated heterocycles. The highest BCUT2D eigenvalue weighted by Gasteiger charge is 2.32. The summed E-state index contributed by atoms with van der Waals surface area (Å²) in [7, 11) is 0. The van der Waals surface area contributed by atoms with Crippen molar-refractivity contribution >= 4 is 17.5 Å². The van der Waals surface area contributed by atoms with E-state index in [4.69, 9.17) is 16.3 Å². The van der Waals surface area contributed by atoms with Gasteiger partial charge in [-0.2, -0.15) is 0 Å².